The van der Waals surface area contributed by atoms with E-state index < -0.39 is 5.97 Å². The number of carbonyl (C=O) groups excluding carboxylic acids is 1. The van der Waals surface area contributed by atoms with Crippen LogP contribution in [0.2, 0.25) is 8.67 Å². The number of ether oxygens (including phenoxy) is 1. The van der Waals surface area contributed by atoms with Crippen molar-refractivity contribution in [1.29, 1.82) is 0 Å². The van der Waals surface area contributed by atoms with Crippen LogP contribution < -0.4 is 0 Å². The second-order valence-corrected chi connectivity index (χ2v) is 7.36. The van der Waals surface area contributed by atoms with E-state index in [4.69, 9.17) is 33.0 Å². The molecule has 1 aromatic heterocycles. The second kappa shape index (κ2) is 7.61. The summed E-state index contributed by atoms with van der Waals surface area (Å²) in [6, 6.07) is 1.57. The van der Waals surface area contributed by atoms with E-state index in [0.717, 1.165) is 11.3 Å². The van der Waals surface area contributed by atoms with Crippen LogP contribution in [0.15, 0.2) is 6.07 Å². The van der Waals surface area contributed by atoms with E-state index in [-0.39, 0.29) is 18.6 Å². The van der Waals surface area contributed by atoms with Crippen molar-refractivity contribution in [2.45, 2.75) is 6.10 Å². The van der Waals surface area contributed by atoms with Crippen LogP contribution in [-0.4, -0.2) is 72.7 Å². The van der Waals surface area contributed by atoms with Crippen molar-refractivity contribution < 1.29 is 19.4 Å². The number of morpholine rings is 1. The highest BCUT2D eigenvalue weighted by Crippen LogP contribution is 2.32. The monoisotopic (exact) mass is 366 g/mol. The maximum atomic E-state index is 12.5. The average molecular weight is 367 g/mol. The van der Waals surface area contributed by atoms with Gasteiger partial charge in [-0.15, -0.1) is 11.3 Å². The summed E-state index contributed by atoms with van der Waals surface area (Å²) in [4.78, 5) is 26.5. The molecule has 0 unspecified atom stereocenters. The highest BCUT2D eigenvalue weighted by Gasteiger charge is 2.28. The molecule has 0 bridgehead atoms. The fraction of sp³-hybridized carbons (Fsp3) is 0.538. The molecule has 0 saturated carbocycles. The van der Waals surface area contributed by atoms with Crippen molar-refractivity contribution in [1.82, 2.24) is 9.80 Å². The number of hydrogen-bond acceptors (Lipinski definition) is 5. The van der Waals surface area contributed by atoms with Crippen molar-refractivity contribution in [2.75, 3.05) is 39.8 Å². The summed E-state index contributed by atoms with van der Waals surface area (Å²) in [6.07, 6.45) is -0.227. The summed E-state index contributed by atoms with van der Waals surface area (Å²) >= 11 is 13.0. The van der Waals surface area contributed by atoms with Gasteiger partial charge in [-0.1, -0.05) is 23.2 Å². The van der Waals surface area contributed by atoms with Crippen molar-refractivity contribution >= 4 is 46.4 Å². The van der Waals surface area contributed by atoms with Crippen LogP contribution in [-0.2, 0) is 9.53 Å². The van der Waals surface area contributed by atoms with Gasteiger partial charge in [-0.2, -0.15) is 0 Å². The van der Waals surface area contributed by atoms with Crippen LogP contribution in [0.1, 0.15) is 10.4 Å². The van der Waals surface area contributed by atoms with Gasteiger partial charge in [0.25, 0.3) is 5.91 Å². The van der Waals surface area contributed by atoms with Crippen molar-refractivity contribution in [3.63, 3.8) is 0 Å². The van der Waals surface area contributed by atoms with E-state index in [1.54, 1.807) is 22.9 Å². The number of carbonyl (C=O) groups is 2. The van der Waals surface area contributed by atoms with Crippen molar-refractivity contribution in [2.24, 2.45) is 0 Å². The number of likely N-dealkylation sites (N-methyl/N-ethyl adjacent to an activating group) is 1. The zero-order valence-corrected chi connectivity index (χ0v) is 14.2. The summed E-state index contributed by atoms with van der Waals surface area (Å²) in [5, 5.41) is 8.76. The van der Waals surface area contributed by atoms with Gasteiger partial charge < -0.3 is 14.7 Å². The van der Waals surface area contributed by atoms with Crippen LogP contribution in [0.25, 0.3) is 0 Å². The number of halogens is 2. The number of aliphatic carboxylic acids is 1. The Morgan fingerprint density at radius 1 is 1.55 bits per heavy atom. The molecule has 1 aromatic rings. The van der Waals surface area contributed by atoms with Gasteiger partial charge in [-0.25, -0.2) is 0 Å². The third kappa shape index (κ3) is 4.57. The van der Waals surface area contributed by atoms with Gasteiger partial charge in [0, 0.05) is 19.6 Å². The first-order valence-corrected chi connectivity index (χ1v) is 8.20. The highest BCUT2D eigenvalue weighted by atomic mass is 35.5. The van der Waals surface area contributed by atoms with Crippen molar-refractivity contribution in [3.8, 4) is 0 Å². The molecule has 0 spiro atoms. The number of rotatable bonds is 5. The number of amides is 1. The zero-order valence-electron chi connectivity index (χ0n) is 11.9. The fourth-order valence-corrected chi connectivity index (χ4v) is 3.76. The predicted molar refractivity (Wildman–Crippen MR) is 85.1 cm³/mol. The Hall–Kier alpha value is -0.860. The minimum atomic E-state index is -0.897. The molecule has 0 aromatic carbocycles. The summed E-state index contributed by atoms with van der Waals surface area (Å²) in [7, 11) is 1.70. The van der Waals surface area contributed by atoms with Gasteiger partial charge in [-0.3, -0.25) is 14.5 Å². The van der Waals surface area contributed by atoms with E-state index in [9.17, 15) is 9.59 Å². The molecule has 22 heavy (non-hydrogen) atoms. The molecule has 9 heteroatoms. The molecule has 2 heterocycles. The van der Waals surface area contributed by atoms with Gasteiger partial charge in [-0.05, 0) is 13.1 Å². The zero-order chi connectivity index (χ0) is 16.3. The Kier molecular flexibility index (Phi) is 6.05. The molecular formula is C13H16Cl2N2O4S. The van der Waals surface area contributed by atoms with Gasteiger partial charge in [0.05, 0.1) is 29.2 Å². The number of hydrogen-bond donors (Lipinski definition) is 1. The fourth-order valence-electron chi connectivity index (χ4n) is 2.31. The average Bonchev–Trinajstić information content (AvgIpc) is 2.76. The lowest BCUT2D eigenvalue weighted by molar-refractivity contribution is -0.138. The van der Waals surface area contributed by atoms with E-state index in [1.807, 2.05) is 0 Å². The van der Waals surface area contributed by atoms with Crippen LogP contribution in [0.5, 0.6) is 0 Å². The third-order valence-electron chi connectivity index (χ3n) is 3.23. The predicted octanol–water partition coefficient (Wildman–Crippen LogP) is 1.91. The van der Waals surface area contributed by atoms with Gasteiger partial charge >= 0.3 is 5.97 Å². The Labute approximate surface area is 142 Å². The summed E-state index contributed by atoms with van der Waals surface area (Å²) in [5.74, 6) is -1.08. The molecule has 1 aliphatic heterocycles. The molecule has 2 rings (SSSR count). The maximum absolute atomic E-state index is 12.5. The lowest BCUT2D eigenvalue weighted by Gasteiger charge is -2.34. The number of thiophene rings is 1. The Balaban J connectivity index is 1.96. The molecule has 0 aliphatic carbocycles. The Morgan fingerprint density at radius 3 is 2.86 bits per heavy atom. The normalized spacial score (nSPS) is 18.7. The lowest BCUT2D eigenvalue weighted by atomic mass is 10.2. The minimum absolute atomic E-state index is 0.0697. The van der Waals surface area contributed by atoms with E-state index in [2.05, 4.69) is 0 Å². The number of carboxylic acids is 1. The van der Waals surface area contributed by atoms with Crippen molar-refractivity contribution in [3.05, 3.63) is 20.3 Å². The van der Waals surface area contributed by atoms with Gasteiger partial charge in [0.15, 0.2) is 0 Å². The third-order valence-corrected chi connectivity index (χ3v) is 4.72. The molecule has 1 saturated heterocycles. The summed E-state index contributed by atoms with van der Waals surface area (Å²) in [5.41, 5.74) is 0.399. The molecule has 1 fully saturated rings. The Morgan fingerprint density at radius 2 is 2.27 bits per heavy atom. The summed E-state index contributed by atoms with van der Waals surface area (Å²) in [6.45, 7) is 1.65. The Bertz CT molecular complexity index is 566. The first-order valence-electron chi connectivity index (χ1n) is 6.63. The van der Waals surface area contributed by atoms with Crippen LogP contribution in [0.4, 0.5) is 0 Å². The molecule has 122 valence electrons. The highest BCUT2D eigenvalue weighted by molar-refractivity contribution is 7.20. The second-order valence-electron chi connectivity index (χ2n) is 5.07. The summed E-state index contributed by atoms with van der Waals surface area (Å²) < 4.78 is 6.44. The minimum Gasteiger partial charge on any atom is -0.480 e. The standard InChI is InChI=1S/C13H16Cl2N2O4S/c1-16(7-11(18)19)5-8-6-17(2-3-21-8)13(20)9-4-10(14)22-12(9)15/h4,8H,2-3,5-7H2,1H3,(H,18,19)/t8-/m1/s1. The van der Waals surface area contributed by atoms with Crippen LogP contribution >= 0.6 is 34.5 Å². The van der Waals surface area contributed by atoms with Gasteiger partial charge in [0.2, 0.25) is 0 Å². The first-order chi connectivity index (χ1) is 10.4. The molecular weight excluding hydrogens is 351 g/mol. The van der Waals surface area contributed by atoms with Crippen LogP contribution in [0.3, 0.4) is 0 Å². The van der Waals surface area contributed by atoms with E-state index >= 15 is 0 Å². The van der Waals surface area contributed by atoms with E-state index in [1.165, 1.54) is 0 Å². The lowest BCUT2D eigenvalue weighted by Crippen LogP contribution is -2.49. The van der Waals surface area contributed by atoms with E-state index in [0.29, 0.717) is 40.5 Å². The maximum Gasteiger partial charge on any atom is 0.317 e. The SMILES string of the molecule is CN(CC(=O)O)C[C@@H]1CN(C(=O)c2cc(Cl)sc2Cl)CCO1. The first kappa shape index (κ1) is 17.5. The van der Waals surface area contributed by atoms with Crippen LogP contribution in [0, 0.1) is 0 Å². The largest absolute Gasteiger partial charge is 0.480 e. The molecule has 6 nitrogen and oxygen atoms in total. The molecule has 1 atom stereocenters. The number of carboxylic acid groups (broad SMARTS) is 1. The molecule has 1 amide bonds. The number of nitrogens with zero attached hydrogens (tertiary/aromatic N) is 2. The molecule has 1 aliphatic rings. The van der Waals surface area contributed by atoms with Gasteiger partial charge in [0.1, 0.15) is 4.34 Å². The smallest absolute Gasteiger partial charge is 0.317 e. The quantitative estimate of drug-likeness (QED) is 0.861. The molecule has 1 N–H and O–H groups in total. The topological polar surface area (TPSA) is 70.1 Å². The molecule has 0 radical (unpaired) electrons.